The van der Waals surface area contributed by atoms with Crippen LogP contribution in [0.25, 0.3) is 11.0 Å². The molecule has 1 saturated carbocycles. The van der Waals surface area contributed by atoms with Gasteiger partial charge in [-0.25, -0.2) is 4.98 Å². The Morgan fingerprint density at radius 2 is 2.13 bits per heavy atom. The largest absolute Gasteiger partial charge is 0.328 e. The second-order valence-corrected chi connectivity index (χ2v) is 4.37. The normalized spacial score (nSPS) is 26.2. The second-order valence-electron chi connectivity index (χ2n) is 4.37. The van der Waals surface area contributed by atoms with Crippen LogP contribution in [0.2, 0.25) is 0 Å². The summed E-state index contributed by atoms with van der Waals surface area (Å²) in [5.74, 6) is 0. The maximum Gasteiger partial charge on any atom is 0.0960 e. The third-order valence-corrected chi connectivity index (χ3v) is 3.32. The third kappa shape index (κ3) is 1.43. The number of hydrogen-bond acceptors (Lipinski definition) is 2. The smallest absolute Gasteiger partial charge is 0.0960 e. The third-order valence-electron chi connectivity index (χ3n) is 3.32. The van der Waals surface area contributed by atoms with Crippen LogP contribution in [0.1, 0.15) is 25.3 Å². The van der Waals surface area contributed by atoms with Crippen molar-refractivity contribution in [1.29, 1.82) is 0 Å². The number of hydrogen-bond donors (Lipinski definition) is 1. The summed E-state index contributed by atoms with van der Waals surface area (Å²) < 4.78 is 2.28. The first-order chi connectivity index (χ1) is 7.34. The van der Waals surface area contributed by atoms with Crippen LogP contribution in [-0.2, 0) is 0 Å². The Bertz CT molecular complexity index is 474. The lowest BCUT2D eigenvalue weighted by molar-refractivity contribution is 0.522. The van der Waals surface area contributed by atoms with Crippen molar-refractivity contribution in [3.05, 3.63) is 30.6 Å². The van der Waals surface area contributed by atoms with Gasteiger partial charge in [0.1, 0.15) is 0 Å². The monoisotopic (exact) mass is 201 g/mol. The lowest BCUT2D eigenvalue weighted by atomic mass is 10.2. The maximum absolute atomic E-state index is 5.94. The van der Waals surface area contributed by atoms with Crippen LogP contribution in [0.4, 0.5) is 0 Å². The predicted octanol–water partition coefficient (Wildman–Crippen LogP) is 2.09. The lowest BCUT2D eigenvalue weighted by Crippen LogP contribution is -2.15. The zero-order chi connectivity index (χ0) is 10.3. The van der Waals surface area contributed by atoms with E-state index in [9.17, 15) is 0 Å². The van der Waals surface area contributed by atoms with E-state index in [1.54, 1.807) is 0 Å². The van der Waals surface area contributed by atoms with Crippen molar-refractivity contribution >= 4 is 11.0 Å². The van der Waals surface area contributed by atoms with Gasteiger partial charge in [-0.3, -0.25) is 0 Å². The van der Waals surface area contributed by atoms with E-state index in [1.165, 1.54) is 11.9 Å². The van der Waals surface area contributed by atoms with E-state index in [-0.39, 0.29) is 0 Å². The van der Waals surface area contributed by atoms with Crippen molar-refractivity contribution in [1.82, 2.24) is 9.55 Å². The fourth-order valence-electron chi connectivity index (χ4n) is 2.51. The number of para-hydroxylation sites is 2. The lowest BCUT2D eigenvalue weighted by Gasteiger charge is -2.12. The summed E-state index contributed by atoms with van der Waals surface area (Å²) in [6.07, 6.45) is 5.35. The fourth-order valence-corrected chi connectivity index (χ4v) is 2.51. The fraction of sp³-hybridized carbons (Fsp3) is 0.417. The van der Waals surface area contributed by atoms with Crippen LogP contribution >= 0.6 is 0 Å². The molecule has 1 aromatic heterocycles. The average molecular weight is 201 g/mol. The molecule has 1 fully saturated rings. The van der Waals surface area contributed by atoms with E-state index in [0.717, 1.165) is 18.4 Å². The minimum Gasteiger partial charge on any atom is -0.328 e. The van der Waals surface area contributed by atoms with Crippen molar-refractivity contribution in [3.8, 4) is 0 Å². The van der Waals surface area contributed by atoms with Gasteiger partial charge in [-0.05, 0) is 31.4 Å². The van der Waals surface area contributed by atoms with Gasteiger partial charge in [0.25, 0.3) is 0 Å². The molecule has 0 bridgehead atoms. The zero-order valence-electron chi connectivity index (χ0n) is 8.63. The van der Waals surface area contributed by atoms with E-state index in [2.05, 4.69) is 27.8 Å². The highest BCUT2D eigenvalue weighted by molar-refractivity contribution is 5.75. The summed E-state index contributed by atoms with van der Waals surface area (Å²) in [6.45, 7) is 0. The molecule has 1 aromatic carbocycles. The second kappa shape index (κ2) is 3.35. The molecule has 3 rings (SSSR count). The summed E-state index contributed by atoms with van der Waals surface area (Å²) in [5.41, 5.74) is 8.26. The van der Waals surface area contributed by atoms with Gasteiger partial charge in [-0.15, -0.1) is 0 Å². The highest BCUT2D eigenvalue weighted by Crippen LogP contribution is 2.31. The molecule has 1 aliphatic rings. The molecule has 1 heterocycles. The summed E-state index contributed by atoms with van der Waals surface area (Å²) >= 11 is 0. The minimum atomic E-state index is 0.371. The molecule has 15 heavy (non-hydrogen) atoms. The van der Waals surface area contributed by atoms with Gasteiger partial charge in [0, 0.05) is 12.1 Å². The molecular weight excluding hydrogens is 186 g/mol. The Balaban J connectivity index is 2.04. The van der Waals surface area contributed by atoms with Crippen molar-refractivity contribution in [2.24, 2.45) is 5.73 Å². The molecule has 2 unspecified atom stereocenters. The maximum atomic E-state index is 5.94. The molecule has 2 aromatic rings. The summed E-state index contributed by atoms with van der Waals surface area (Å²) in [5, 5.41) is 0. The van der Waals surface area contributed by atoms with Crippen LogP contribution in [0.15, 0.2) is 30.6 Å². The van der Waals surface area contributed by atoms with Gasteiger partial charge in [-0.1, -0.05) is 12.1 Å². The van der Waals surface area contributed by atoms with Gasteiger partial charge in [0.15, 0.2) is 0 Å². The first kappa shape index (κ1) is 8.92. The quantitative estimate of drug-likeness (QED) is 0.767. The van der Waals surface area contributed by atoms with E-state index in [1.807, 2.05) is 12.4 Å². The van der Waals surface area contributed by atoms with Crippen LogP contribution in [0.5, 0.6) is 0 Å². The Morgan fingerprint density at radius 3 is 2.93 bits per heavy atom. The van der Waals surface area contributed by atoms with Crippen LogP contribution in [0.3, 0.4) is 0 Å². The summed E-state index contributed by atoms with van der Waals surface area (Å²) in [6, 6.07) is 9.20. The Morgan fingerprint density at radius 1 is 1.27 bits per heavy atom. The number of nitrogens with zero attached hydrogens (tertiary/aromatic N) is 2. The highest BCUT2D eigenvalue weighted by Gasteiger charge is 2.23. The molecule has 3 nitrogen and oxygen atoms in total. The molecule has 0 aliphatic heterocycles. The summed E-state index contributed by atoms with van der Waals surface area (Å²) in [4.78, 5) is 4.41. The van der Waals surface area contributed by atoms with Crippen molar-refractivity contribution in [3.63, 3.8) is 0 Å². The van der Waals surface area contributed by atoms with Gasteiger partial charge in [0.05, 0.1) is 17.4 Å². The van der Waals surface area contributed by atoms with Crippen molar-refractivity contribution in [2.75, 3.05) is 0 Å². The van der Waals surface area contributed by atoms with Gasteiger partial charge >= 0.3 is 0 Å². The molecule has 0 saturated heterocycles. The van der Waals surface area contributed by atoms with E-state index in [4.69, 9.17) is 5.73 Å². The van der Waals surface area contributed by atoms with E-state index < -0.39 is 0 Å². The molecule has 3 heteroatoms. The predicted molar refractivity (Wildman–Crippen MR) is 60.6 cm³/mol. The number of rotatable bonds is 1. The van der Waals surface area contributed by atoms with E-state index in [0.29, 0.717) is 12.1 Å². The Kier molecular flexibility index (Phi) is 1.99. The first-order valence-electron chi connectivity index (χ1n) is 5.52. The average Bonchev–Trinajstić information content (AvgIpc) is 2.83. The topological polar surface area (TPSA) is 43.8 Å². The van der Waals surface area contributed by atoms with Crippen LogP contribution < -0.4 is 5.73 Å². The highest BCUT2D eigenvalue weighted by atomic mass is 15.1. The van der Waals surface area contributed by atoms with Crippen molar-refractivity contribution < 1.29 is 0 Å². The molecule has 2 N–H and O–H groups in total. The van der Waals surface area contributed by atoms with Gasteiger partial charge in [0.2, 0.25) is 0 Å². The number of aromatic nitrogens is 2. The zero-order valence-corrected chi connectivity index (χ0v) is 8.63. The van der Waals surface area contributed by atoms with Crippen LogP contribution in [0, 0.1) is 0 Å². The number of imidazole rings is 1. The standard InChI is InChI=1S/C12H15N3/c13-9-5-6-10(7-9)15-8-14-11-3-1-2-4-12(11)15/h1-4,8-10H,5-7,13H2. The van der Waals surface area contributed by atoms with Gasteiger partial charge < -0.3 is 10.3 Å². The molecule has 0 amide bonds. The van der Waals surface area contributed by atoms with Crippen molar-refractivity contribution in [2.45, 2.75) is 31.3 Å². The van der Waals surface area contributed by atoms with E-state index >= 15 is 0 Å². The summed E-state index contributed by atoms with van der Waals surface area (Å²) in [7, 11) is 0. The molecule has 0 radical (unpaired) electrons. The number of benzene rings is 1. The SMILES string of the molecule is NC1CCC(n2cnc3ccccc32)C1. The molecule has 2 atom stereocenters. The van der Waals surface area contributed by atoms with Gasteiger partial charge in [-0.2, -0.15) is 0 Å². The molecular formula is C12H15N3. The molecule has 1 aliphatic carbocycles. The molecule has 78 valence electrons. The Hall–Kier alpha value is -1.35. The number of fused-ring (bicyclic) bond motifs is 1. The van der Waals surface area contributed by atoms with Crippen LogP contribution in [-0.4, -0.2) is 15.6 Å². The first-order valence-corrected chi connectivity index (χ1v) is 5.52. The minimum absolute atomic E-state index is 0.371. The number of nitrogens with two attached hydrogens (primary N) is 1. The molecule has 0 spiro atoms. The Labute approximate surface area is 88.9 Å².